The molecule has 7 nitrogen and oxygen atoms in total. The molecular formula is C22H43IN6O. The van der Waals surface area contributed by atoms with Gasteiger partial charge in [-0.1, -0.05) is 6.42 Å². The van der Waals surface area contributed by atoms with Gasteiger partial charge in [0.1, 0.15) is 0 Å². The minimum absolute atomic E-state index is 0. The second kappa shape index (κ2) is 12.4. The number of halogens is 1. The lowest BCUT2D eigenvalue weighted by molar-refractivity contribution is -0.119. The molecule has 0 radical (unpaired) electrons. The first kappa shape index (κ1) is 25.6. The van der Waals surface area contributed by atoms with Gasteiger partial charge < -0.3 is 20.9 Å². The molecule has 8 heteroatoms. The Labute approximate surface area is 200 Å². The molecule has 3 heterocycles. The summed E-state index contributed by atoms with van der Waals surface area (Å²) in [4.78, 5) is 24.2. The van der Waals surface area contributed by atoms with Crippen molar-refractivity contribution < 1.29 is 4.79 Å². The van der Waals surface area contributed by atoms with E-state index in [2.05, 4.69) is 34.0 Å². The van der Waals surface area contributed by atoms with Gasteiger partial charge in [-0.25, -0.2) is 0 Å². The smallest absolute Gasteiger partial charge is 0.217 e. The standard InChI is InChI=1S/C22H42N6O.HI/c1-3-24-21(27-11-7-8-19(17-27)16-20(23)29)25-18-22(9-14-26(2)15-10-22)28-12-5-4-6-13-28;/h19H,3-18H2,1-2H3,(H2,23,29)(H,24,25);1H. The lowest BCUT2D eigenvalue weighted by Gasteiger charge is -2.49. The fourth-order valence-corrected chi connectivity index (χ4v) is 5.33. The van der Waals surface area contributed by atoms with Crippen LogP contribution in [0.25, 0.3) is 0 Å². The Kier molecular flexibility index (Phi) is 10.6. The van der Waals surface area contributed by atoms with Crippen LogP contribution in [-0.2, 0) is 4.79 Å². The van der Waals surface area contributed by atoms with Gasteiger partial charge in [0.15, 0.2) is 5.96 Å². The number of aliphatic imine (C=N–C) groups is 1. The van der Waals surface area contributed by atoms with Crippen LogP contribution in [0.1, 0.15) is 58.3 Å². The van der Waals surface area contributed by atoms with Crippen LogP contribution in [0.3, 0.4) is 0 Å². The Hall–Kier alpha value is -0.610. The summed E-state index contributed by atoms with van der Waals surface area (Å²) in [5, 5.41) is 3.53. The third-order valence-electron chi connectivity index (χ3n) is 7.11. The van der Waals surface area contributed by atoms with Crippen LogP contribution in [0.2, 0.25) is 0 Å². The summed E-state index contributed by atoms with van der Waals surface area (Å²) < 4.78 is 0. The highest BCUT2D eigenvalue weighted by atomic mass is 127. The zero-order chi connectivity index (χ0) is 20.7. The van der Waals surface area contributed by atoms with Crippen molar-refractivity contribution in [3.63, 3.8) is 0 Å². The first-order valence-corrected chi connectivity index (χ1v) is 11.8. The summed E-state index contributed by atoms with van der Waals surface area (Å²) >= 11 is 0. The minimum Gasteiger partial charge on any atom is -0.370 e. The molecule has 3 saturated heterocycles. The molecule has 0 saturated carbocycles. The molecule has 1 atom stereocenters. The van der Waals surface area contributed by atoms with Crippen LogP contribution in [-0.4, -0.2) is 91.5 Å². The predicted molar refractivity (Wildman–Crippen MR) is 134 cm³/mol. The molecular weight excluding hydrogens is 491 g/mol. The number of carbonyl (C=O) groups is 1. The first-order valence-electron chi connectivity index (χ1n) is 11.8. The van der Waals surface area contributed by atoms with Crippen LogP contribution in [0.15, 0.2) is 4.99 Å². The van der Waals surface area contributed by atoms with Crippen LogP contribution < -0.4 is 11.1 Å². The zero-order valence-corrected chi connectivity index (χ0v) is 21.4. The van der Waals surface area contributed by atoms with Gasteiger partial charge in [0.2, 0.25) is 5.91 Å². The van der Waals surface area contributed by atoms with E-state index in [0.717, 1.165) is 58.1 Å². The average molecular weight is 535 g/mol. The van der Waals surface area contributed by atoms with Crippen molar-refractivity contribution in [2.75, 3.05) is 59.4 Å². The second-order valence-corrected chi connectivity index (χ2v) is 9.37. The van der Waals surface area contributed by atoms with Crippen molar-refractivity contribution in [3.8, 4) is 0 Å². The molecule has 0 aromatic carbocycles. The number of nitrogens with zero attached hydrogens (tertiary/aromatic N) is 4. The third-order valence-corrected chi connectivity index (χ3v) is 7.11. The Morgan fingerprint density at radius 3 is 2.43 bits per heavy atom. The fourth-order valence-electron chi connectivity index (χ4n) is 5.33. The van der Waals surface area contributed by atoms with Crippen molar-refractivity contribution >= 4 is 35.8 Å². The van der Waals surface area contributed by atoms with Gasteiger partial charge >= 0.3 is 0 Å². The van der Waals surface area contributed by atoms with Gasteiger partial charge in [-0.05, 0) is 84.6 Å². The van der Waals surface area contributed by atoms with Crippen molar-refractivity contribution in [1.29, 1.82) is 0 Å². The van der Waals surface area contributed by atoms with Crippen LogP contribution in [0.5, 0.6) is 0 Å². The van der Waals surface area contributed by atoms with Crippen molar-refractivity contribution in [3.05, 3.63) is 0 Å². The van der Waals surface area contributed by atoms with E-state index in [1.807, 2.05) is 0 Å². The summed E-state index contributed by atoms with van der Waals surface area (Å²) in [6.45, 7) is 10.5. The highest BCUT2D eigenvalue weighted by Gasteiger charge is 2.39. The number of hydrogen-bond acceptors (Lipinski definition) is 4. The minimum atomic E-state index is -0.186. The molecule has 30 heavy (non-hydrogen) atoms. The third kappa shape index (κ3) is 6.95. The molecule has 174 valence electrons. The van der Waals surface area contributed by atoms with Crippen LogP contribution in [0.4, 0.5) is 0 Å². The normalized spacial score (nSPS) is 26.1. The van der Waals surface area contributed by atoms with E-state index in [0.29, 0.717) is 12.3 Å². The molecule has 0 aromatic rings. The first-order chi connectivity index (χ1) is 14.0. The number of hydrogen-bond donors (Lipinski definition) is 2. The molecule has 0 bridgehead atoms. The Bertz CT molecular complexity index is 558. The summed E-state index contributed by atoms with van der Waals surface area (Å²) in [6.07, 6.45) is 9.10. The van der Waals surface area contributed by atoms with Gasteiger partial charge in [0.25, 0.3) is 0 Å². The predicted octanol–water partition coefficient (Wildman–Crippen LogP) is 2.11. The number of amides is 1. The number of likely N-dealkylation sites (tertiary alicyclic amines) is 3. The van der Waals surface area contributed by atoms with E-state index in [4.69, 9.17) is 10.7 Å². The van der Waals surface area contributed by atoms with E-state index >= 15 is 0 Å². The lowest BCUT2D eigenvalue weighted by Crippen LogP contribution is -2.58. The number of carbonyl (C=O) groups excluding carboxylic acids is 1. The highest BCUT2D eigenvalue weighted by Crippen LogP contribution is 2.32. The molecule has 3 rings (SSSR count). The summed E-state index contributed by atoms with van der Waals surface area (Å²) in [5.74, 6) is 1.19. The number of rotatable bonds is 6. The molecule has 3 N–H and O–H groups in total. The Morgan fingerprint density at radius 2 is 1.80 bits per heavy atom. The van der Waals surface area contributed by atoms with E-state index < -0.39 is 0 Å². The summed E-state index contributed by atoms with van der Waals surface area (Å²) in [5.41, 5.74) is 5.66. The Morgan fingerprint density at radius 1 is 1.10 bits per heavy atom. The molecule has 0 spiro atoms. The maximum atomic E-state index is 11.4. The second-order valence-electron chi connectivity index (χ2n) is 9.37. The van der Waals surface area contributed by atoms with E-state index in [9.17, 15) is 4.79 Å². The van der Waals surface area contributed by atoms with Crippen molar-refractivity contribution in [2.45, 2.75) is 63.8 Å². The molecule has 3 fully saturated rings. The zero-order valence-electron chi connectivity index (χ0n) is 19.1. The maximum absolute atomic E-state index is 11.4. The van der Waals surface area contributed by atoms with E-state index in [1.54, 1.807) is 0 Å². The van der Waals surface area contributed by atoms with Crippen LogP contribution >= 0.6 is 24.0 Å². The maximum Gasteiger partial charge on any atom is 0.217 e. The monoisotopic (exact) mass is 534 g/mol. The molecule has 0 aliphatic carbocycles. The van der Waals surface area contributed by atoms with Gasteiger partial charge in [-0.15, -0.1) is 24.0 Å². The van der Waals surface area contributed by atoms with Gasteiger partial charge in [-0.2, -0.15) is 0 Å². The van der Waals surface area contributed by atoms with Gasteiger partial charge in [0.05, 0.1) is 6.54 Å². The molecule has 1 amide bonds. The summed E-state index contributed by atoms with van der Waals surface area (Å²) in [7, 11) is 2.24. The van der Waals surface area contributed by atoms with Gasteiger partial charge in [0, 0.05) is 31.6 Å². The number of guanidine groups is 1. The van der Waals surface area contributed by atoms with E-state index in [-0.39, 0.29) is 35.4 Å². The number of nitrogens with one attached hydrogen (secondary N) is 1. The Balaban J connectivity index is 0.00000320. The average Bonchev–Trinajstić information content (AvgIpc) is 2.73. The SMILES string of the molecule is CCNC(=NCC1(N2CCCCC2)CCN(C)CC1)N1CCCC(CC(N)=O)C1.I. The van der Waals surface area contributed by atoms with Crippen molar-refractivity contribution in [1.82, 2.24) is 20.0 Å². The lowest BCUT2D eigenvalue weighted by atomic mass is 9.84. The molecule has 3 aliphatic heterocycles. The van der Waals surface area contributed by atoms with Gasteiger partial charge in [-0.3, -0.25) is 14.7 Å². The van der Waals surface area contributed by atoms with Crippen LogP contribution in [0, 0.1) is 5.92 Å². The molecule has 3 aliphatic rings. The fraction of sp³-hybridized carbons (Fsp3) is 0.909. The van der Waals surface area contributed by atoms with E-state index in [1.165, 1.54) is 45.2 Å². The number of primary amides is 1. The largest absolute Gasteiger partial charge is 0.370 e. The number of nitrogens with two attached hydrogens (primary N) is 1. The molecule has 0 aromatic heterocycles. The topological polar surface area (TPSA) is 77.2 Å². The number of piperidine rings is 3. The van der Waals surface area contributed by atoms with Crippen molar-refractivity contribution in [2.24, 2.45) is 16.6 Å². The highest BCUT2D eigenvalue weighted by molar-refractivity contribution is 14.0. The molecule has 1 unspecified atom stereocenters. The summed E-state index contributed by atoms with van der Waals surface area (Å²) in [6, 6.07) is 0. The quantitative estimate of drug-likeness (QED) is 0.310.